The molecule has 0 amide bonds. The summed E-state index contributed by atoms with van der Waals surface area (Å²) >= 11 is 0. The molecular weight excluding hydrogens is 266 g/mol. The van der Waals surface area contributed by atoms with Crippen molar-refractivity contribution < 1.29 is 14.6 Å². The molecule has 0 fully saturated rings. The first kappa shape index (κ1) is 14.8. The SMILES string of the molecule is CCOc1ccc(C=NCC(=O)c2ccccc2)c(O)c1. The third kappa shape index (κ3) is 4.18. The maximum atomic E-state index is 11.9. The standard InChI is InChI=1S/C17H17NO3/c1-2-21-15-9-8-14(16(19)10-15)11-18-12-17(20)13-6-4-3-5-7-13/h3-11,19H,2,12H2,1H3. The second-order valence-corrected chi connectivity index (χ2v) is 4.41. The molecule has 4 heteroatoms. The number of carbonyl (C=O) groups is 1. The number of hydrogen-bond donors (Lipinski definition) is 1. The Kier molecular flexibility index (Phi) is 5.10. The normalized spacial score (nSPS) is 10.7. The second kappa shape index (κ2) is 7.24. The van der Waals surface area contributed by atoms with Crippen LogP contribution in [0.25, 0.3) is 0 Å². The number of aliphatic imine (C=N–C) groups is 1. The maximum Gasteiger partial charge on any atom is 0.184 e. The first-order chi connectivity index (χ1) is 10.2. The van der Waals surface area contributed by atoms with Crippen LogP contribution in [0, 0.1) is 0 Å². The van der Waals surface area contributed by atoms with Gasteiger partial charge in [0.25, 0.3) is 0 Å². The number of phenolic OH excluding ortho intramolecular Hbond substituents is 1. The van der Waals surface area contributed by atoms with Gasteiger partial charge in [-0.1, -0.05) is 30.3 Å². The molecule has 1 N–H and O–H groups in total. The molecule has 4 nitrogen and oxygen atoms in total. The molecule has 0 radical (unpaired) electrons. The monoisotopic (exact) mass is 283 g/mol. The number of benzene rings is 2. The Morgan fingerprint density at radius 2 is 2.00 bits per heavy atom. The lowest BCUT2D eigenvalue weighted by Crippen LogP contribution is -2.03. The molecule has 0 heterocycles. The number of ketones is 1. The number of nitrogens with zero attached hydrogens (tertiary/aromatic N) is 1. The Balaban J connectivity index is 2.00. The van der Waals surface area contributed by atoms with E-state index in [1.807, 2.05) is 25.1 Å². The highest BCUT2D eigenvalue weighted by Crippen LogP contribution is 2.22. The third-order valence-corrected chi connectivity index (χ3v) is 2.87. The van der Waals surface area contributed by atoms with E-state index in [0.717, 1.165) is 0 Å². The van der Waals surface area contributed by atoms with E-state index in [1.165, 1.54) is 12.3 Å². The van der Waals surface area contributed by atoms with E-state index in [-0.39, 0.29) is 18.1 Å². The summed E-state index contributed by atoms with van der Waals surface area (Å²) in [5, 5.41) is 9.84. The summed E-state index contributed by atoms with van der Waals surface area (Å²) in [4.78, 5) is 15.9. The Morgan fingerprint density at radius 1 is 1.24 bits per heavy atom. The van der Waals surface area contributed by atoms with Crippen molar-refractivity contribution in [2.45, 2.75) is 6.92 Å². The predicted octanol–water partition coefficient (Wildman–Crippen LogP) is 3.09. The van der Waals surface area contributed by atoms with Crippen LogP contribution in [0.15, 0.2) is 53.5 Å². The number of rotatable bonds is 6. The molecule has 0 spiro atoms. The number of aromatic hydroxyl groups is 1. The first-order valence-electron chi connectivity index (χ1n) is 6.74. The zero-order valence-electron chi connectivity index (χ0n) is 11.8. The number of hydrogen-bond acceptors (Lipinski definition) is 4. The van der Waals surface area contributed by atoms with E-state index in [4.69, 9.17) is 4.74 Å². The molecule has 108 valence electrons. The molecule has 2 aromatic rings. The predicted molar refractivity (Wildman–Crippen MR) is 82.5 cm³/mol. The lowest BCUT2D eigenvalue weighted by molar-refractivity contribution is 0.100. The lowest BCUT2D eigenvalue weighted by Gasteiger charge is -2.04. The Bertz CT molecular complexity index is 636. The van der Waals surface area contributed by atoms with Crippen molar-refractivity contribution in [1.82, 2.24) is 0 Å². The first-order valence-corrected chi connectivity index (χ1v) is 6.74. The van der Waals surface area contributed by atoms with Gasteiger partial charge in [-0.05, 0) is 19.1 Å². The fourth-order valence-electron chi connectivity index (χ4n) is 1.83. The summed E-state index contributed by atoms with van der Waals surface area (Å²) in [6, 6.07) is 14.0. The molecule has 21 heavy (non-hydrogen) atoms. The smallest absolute Gasteiger partial charge is 0.184 e. The topological polar surface area (TPSA) is 58.9 Å². The zero-order valence-corrected chi connectivity index (χ0v) is 11.8. The lowest BCUT2D eigenvalue weighted by atomic mass is 10.1. The summed E-state index contributed by atoms with van der Waals surface area (Å²) in [7, 11) is 0. The van der Waals surface area contributed by atoms with Crippen LogP contribution in [-0.4, -0.2) is 30.3 Å². The van der Waals surface area contributed by atoms with E-state index in [1.54, 1.807) is 24.3 Å². The van der Waals surface area contributed by atoms with Crippen molar-refractivity contribution in [3.05, 3.63) is 59.7 Å². The van der Waals surface area contributed by atoms with Crippen LogP contribution in [0.2, 0.25) is 0 Å². The van der Waals surface area contributed by atoms with E-state index in [0.29, 0.717) is 23.5 Å². The minimum absolute atomic E-state index is 0.0522. The van der Waals surface area contributed by atoms with Crippen molar-refractivity contribution in [2.75, 3.05) is 13.2 Å². The van der Waals surface area contributed by atoms with E-state index in [9.17, 15) is 9.90 Å². The van der Waals surface area contributed by atoms with Gasteiger partial charge < -0.3 is 9.84 Å². The van der Waals surface area contributed by atoms with Gasteiger partial charge in [0.15, 0.2) is 5.78 Å². The largest absolute Gasteiger partial charge is 0.507 e. The second-order valence-electron chi connectivity index (χ2n) is 4.41. The van der Waals surface area contributed by atoms with Gasteiger partial charge in [0, 0.05) is 23.4 Å². The van der Waals surface area contributed by atoms with Gasteiger partial charge in [-0.2, -0.15) is 0 Å². The number of carbonyl (C=O) groups excluding carboxylic acids is 1. The van der Waals surface area contributed by atoms with Crippen LogP contribution in [0.1, 0.15) is 22.8 Å². The quantitative estimate of drug-likeness (QED) is 0.654. The molecule has 2 aromatic carbocycles. The van der Waals surface area contributed by atoms with Gasteiger partial charge in [0.1, 0.15) is 18.0 Å². The Hall–Kier alpha value is -2.62. The van der Waals surface area contributed by atoms with Gasteiger partial charge in [0.2, 0.25) is 0 Å². The summed E-state index contributed by atoms with van der Waals surface area (Å²) in [6.45, 7) is 2.47. The number of phenols is 1. The van der Waals surface area contributed by atoms with Gasteiger partial charge in [-0.15, -0.1) is 0 Å². The molecule has 0 saturated carbocycles. The van der Waals surface area contributed by atoms with Crippen LogP contribution < -0.4 is 4.74 Å². The van der Waals surface area contributed by atoms with Crippen LogP contribution in [-0.2, 0) is 0 Å². The number of ether oxygens (including phenoxy) is 1. The van der Waals surface area contributed by atoms with Gasteiger partial charge >= 0.3 is 0 Å². The molecule has 2 rings (SSSR count). The maximum absolute atomic E-state index is 11.9. The highest BCUT2D eigenvalue weighted by molar-refractivity contribution is 5.98. The molecule has 0 bridgehead atoms. The minimum atomic E-state index is -0.0581. The van der Waals surface area contributed by atoms with Crippen molar-refractivity contribution in [3.63, 3.8) is 0 Å². The summed E-state index contributed by atoms with van der Waals surface area (Å²) in [5.74, 6) is 0.627. The molecule has 0 aliphatic rings. The van der Waals surface area contributed by atoms with Gasteiger partial charge in [0.05, 0.1) is 6.61 Å². The molecule has 0 aromatic heterocycles. The average molecular weight is 283 g/mol. The molecule has 0 aliphatic heterocycles. The summed E-state index contributed by atoms with van der Waals surface area (Å²) < 4.78 is 5.28. The Labute approximate surface area is 123 Å². The summed E-state index contributed by atoms with van der Waals surface area (Å²) in [6.07, 6.45) is 1.49. The van der Waals surface area contributed by atoms with Crippen molar-refractivity contribution >= 4 is 12.0 Å². The average Bonchev–Trinajstić information content (AvgIpc) is 2.50. The van der Waals surface area contributed by atoms with E-state index >= 15 is 0 Å². The van der Waals surface area contributed by atoms with Crippen LogP contribution in [0.5, 0.6) is 11.5 Å². The fourth-order valence-corrected chi connectivity index (χ4v) is 1.83. The zero-order chi connectivity index (χ0) is 15.1. The molecular formula is C17H17NO3. The molecule has 0 saturated heterocycles. The van der Waals surface area contributed by atoms with Gasteiger partial charge in [-0.3, -0.25) is 9.79 Å². The van der Waals surface area contributed by atoms with E-state index in [2.05, 4.69) is 4.99 Å². The van der Waals surface area contributed by atoms with Crippen LogP contribution >= 0.6 is 0 Å². The summed E-state index contributed by atoms with van der Waals surface area (Å²) in [5.41, 5.74) is 1.19. The minimum Gasteiger partial charge on any atom is -0.507 e. The van der Waals surface area contributed by atoms with Crippen molar-refractivity contribution in [1.29, 1.82) is 0 Å². The van der Waals surface area contributed by atoms with Gasteiger partial charge in [-0.25, -0.2) is 0 Å². The fraction of sp³-hybridized carbons (Fsp3) is 0.176. The highest BCUT2D eigenvalue weighted by atomic mass is 16.5. The molecule has 0 unspecified atom stereocenters. The number of Topliss-reactive ketones (excluding diaryl/α,β-unsaturated/α-hetero) is 1. The van der Waals surface area contributed by atoms with Crippen molar-refractivity contribution in [2.24, 2.45) is 4.99 Å². The van der Waals surface area contributed by atoms with Crippen molar-refractivity contribution in [3.8, 4) is 11.5 Å². The molecule has 0 aliphatic carbocycles. The molecule has 0 atom stereocenters. The van der Waals surface area contributed by atoms with Crippen LogP contribution in [0.4, 0.5) is 0 Å². The Morgan fingerprint density at radius 3 is 2.67 bits per heavy atom. The van der Waals surface area contributed by atoms with E-state index < -0.39 is 0 Å². The van der Waals surface area contributed by atoms with Crippen LogP contribution in [0.3, 0.4) is 0 Å². The third-order valence-electron chi connectivity index (χ3n) is 2.87. The highest BCUT2D eigenvalue weighted by Gasteiger charge is 2.04.